The van der Waals surface area contributed by atoms with Crippen molar-refractivity contribution in [2.75, 3.05) is 0 Å². The normalized spacial score (nSPS) is 44.3. The smallest absolute Gasteiger partial charge is 0.133 e. The van der Waals surface area contributed by atoms with E-state index in [1.54, 1.807) is 0 Å². The average molecular weight is 196 g/mol. The number of aliphatic hydroxyl groups excluding tert-OH is 1. The van der Waals surface area contributed by atoms with Crippen LogP contribution in [0.5, 0.6) is 0 Å². The zero-order valence-electron chi connectivity index (χ0n) is 8.96. The Morgan fingerprint density at radius 1 is 1.36 bits per heavy atom. The molecule has 0 spiro atoms. The Morgan fingerprint density at radius 3 is 2.86 bits per heavy atom. The molecule has 80 valence electrons. The van der Waals surface area contributed by atoms with Crippen molar-refractivity contribution in [3.05, 3.63) is 0 Å². The van der Waals surface area contributed by atoms with Gasteiger partial charge < -0.3 is 5.11 Å². The maximum absolute atomic E-state index is 11.4. The molecule has 0 amide bonds. The highest BCUT2D eigenvalue weighted by Crippen LogP contribution is 2.47. The summed E-state index contributed by atoms with van der Waals surface area (Å²) >= 11 is 0. The van der Waals surface area contributed by atoms with Crippen molar-refractivity contribution in [2.45, 2.75) is 58.0 Å². The molecule has 0 saturated heterocycles. The summed E-state index contributed by atoms with van der Waals surface area (Å²) in [6.07, 6.45) is 6.50. The molecule has 2 heteroatoms. The first-order valence-corrected chi connectivity index (χ1v) is 5.83. The Balaban J connectivity index is 2.19. The van der Waals surface area contributed by atoms with E-state index in [-0.39, 0.29) is 11.5 Å². The maximum Gasteiger partial charge on any atom is 0.133 e. The lowest BCUT2D eigenvalue weighted by Gasteiger charge is -2.43. The SMILES string of the molecule is C[C@]12CCC(=O)C[C@H]1CCCC[C@@H]2O. The van der Waals surface area contributed by atoms with E-state index in [9.17, 15) is 9.90 Å². The number of carbonyl (C=O) groups is 1. The van der Waals surface area contributed by atoms with Gasteiger partial charge in [-0.3, -0.25) is 4.79 Å². The van der Waals surface area contributed by atoms with Gasteiger partial charge in [-0.15, -0.1) is 0 Å². The van der Waals surface area contributed by atoms with Gasteiger partial charge in [-0.2, -0.15) is 0 Å². The van der Waals surface area contributed by atoms with E-state index in [2.05, 4.69) is 6.92 Å². The number of rotatable bonds is 0. The number of fused-ring (bicyclic) bond motifs is 1. The number of ketones is 1. The Morgan fingerprint density at radius 2 is 2.07 bits per heavy atom. The van der Waals surface area contributed by atoms with E-state index in [1.165, 1.54) is 6.42 Å². The second-order valence-electron chi connectivity index (χ2n) is 5.25. The van der Waals surface area contributed by atoms with E-state index in [0.29, 0.717) is 24.5 Å². The van der Waals surface area contributed by atoms with Crippen molar-refractivity contribution < 1.29 is 9.90 Å². The van der Waals surface area contributed by atoms with Crippen molar-refractivity contribution in [1.82, 2.24) is 0 Å². The Hall–Kier alpha value is -0.370. The van der Waals surface area contributed by atoms with Crippen molar-refractivity contribution in [3.63, 3.8) is 0 Å². The van der Waals surface area contributed by atoms with Crippen molar-refractivity contribution in [2.24, 2.45) is 11.3 Å². The van der Waals surface area contributed by atoms with Crippen LogP contribution in [0, 0.1) is 11.3 Å². The molecule has 0 aromatic carbocycles. The lowest BCUT2D eigenvalue weighted by Crippen LogP contribution is -2.42. The first-order valence-electron chi connectivity index (χ1n) is 5.83. The number of aliphatic hydroxyl groups is 1. The zero-order valence-corrected chi connectivity index (χ0v) is 8.96. The minimum atomic E-state index is -0.178. The third-order valence-electron chi connectivity index (χ3n) is 4.39. The summed E-state index contributed by atoms with van der Waals surface area (Å²) in [5.41, 5.74) is 0.0322. The molecule has 0 aromatic heterocycles. The average Bonchev–Trinajstić information content (AvgIpc) is 2.29. The van der Waals surface area contributed by atoms with E-state index in [4.69, 9.17) is 0 Å². The van der Waals surface area contributed by atoms with Gasteiger partial charge in [-0.1, -0.05) is 19.8 Å². The van der Waals surface area contributed by atoms with Crippen molar-refractivity contribution in [1.29, 1.82) is 0 Å². The first kappa shape index (κ1) is 10.2. The highest BCUT2D eigenvalue weighted by Gasteiger charge is 2.44. The standard InChI is InChI=1S/C12H20O2/c1-12-7-6-10(13)8-9(12)4-2-3-5-11(12)14/h9,11,14H,2-8H2,1H3/t9-,11+,12+/m1/s1. The molecule has 2 nitrogen and oxygen atoms in total. The molecule has 14 heavy (non-hydrogen) atoms. The predicted octanol–water partition coefficient (Wildman–Crippen LogP) is 2.30. The minimum Gasteiger partial charge on any atom is -0.393 e. The first-order chi connectivity index (χ1) is 6.63. The van der Waals surface area contributed by atoms with Crippen molar-refractivity contribution in [3.8, 4) is 0 Å². The lowest BCUT2D eigenvalue weighted by molar-refractivity contribution is -0.128. The van der Waals surface area contributed by atoms with Gasteiger partial charge in [0.05, 0.1) is 6.10 Å². The summed E-state index contributed by atoms with van der Waals surface area (Å²) in [4.78, 5) is 11.4. The van der Waals surface area contributed by atoms with Crippen LogP contribution < -0.4 is 0 Å². The quantitative estimate of drug-likeness (QED) is 0.645. The number of Topliss-reactive ketones (excluding diaryl/α,β-unsaturated/α-hetero) is 1. The molecule has 1 N–H and O–H groups in total. The molecular formula is C12H20O2. The largest absolute Gasteiger partial charge is 0.393 e. The molecular weight excluding hydrogens is 176 g/mol. The fourth-order valence-corrected chi connectivity index (χ4v) is 3.15. The Labute approximate surface area is 85.7 Å². The molecule has 0 bridgehead atoms. The van der Waals surface area contributed by atoms with Gasteiger partial charge >= 0.3 is 0 Å². The summed E-state index contributed by atoms with van der Waals surface area (Å²) in [5, 5.41) is 10.1. The molecule has 0 aliphatic heterocycles. The second kappa shape index (κ2) is 3.65. The summed E-state index contributed by atoms with van der Waals surface area (Å²) in [7, 11) is 0. The van der Waals surface area contributed by atoms with Gasteiger partial charge in [-0.25, -0.2) is 0 Å². The molecule has 0 unspecified atom stereocenters. The predicted molar refractivity (Wildman–Crippen MR) is 54.9 cm³/mol. The van der Waals surface area contributed by atoms with Crippen LogP contribution in [0.15, 0.2) is 0 Å². The monoisotopic (exact) mass is 196 g/mol. The van der Waals surface area contributed by atoms with Gasteiger partial charge in [0.2, 0.25) is 0 Å². The lowest BCUT2D eigenvalue weighted by atomic mass is 9.63. The van der Waals surface area contributed by atoms with E-state index >= 15 is 0 Å². The number of hydrogen-bond acceptors (Lipinski definition) is 2. The van der Waals surface area contributed by atoms with Gasteiger partial charge in [0.25, 0.3) is 0 Å². The second-order valence-corrected chi connectivity index (χ2v) is 5.25. The van der Waals surface area contributed by atoms with Crippen LogP contribution in [-0.2, 0) is 4.79 Å². The fourth-order valence-electron chi connectivity index (χ4n) is 3.15. The molecule has 2 aliphatic carbocycles. The molecule has 2 saturated carbocycles. The minimum absolute atomic E-state index is 0.0322. The summed E-state index contributed by atoms with van der Waals surface area (Å²) in [6.45, 7) is 2.18. The zero-order chi connectivity index (χ0) is 10.2. The Bertz CT molecular complexity index is 236. The van der Waals surface area contributed by atoms with Crippen LogP contribution in [-0.4, -0.2) is 17.0 Å². The molecule has 0 radical (unpaired) electrons. The summed E-state index contributed by atoms with van der Waals surface area (Å²) in [5.74, 6) is 0.850. The van der Waals surface area contributed by atoms with E-state index < -0.39 is 0 Å². The van der Waals surface area contributed by atoms with Crippen LogP contribution in [0.25, 0.3) is 0 Å². The van der Waals surface area contributed by atoms with E-state index in [1.807, 2.05) is 0 Å². The topological polar surface area (TPSA) is 37.3 Å². The molecule has 0 aromatic rings. The molecule has 0 heterocycles. The summed E-state index contributed by atoms with van der Waals surface area (Å²) in [6, 6.07) is 0. The third kappa shape index (κ3) is 1.60. The van der Waals surface area contributed by atoms with Crippen LogP contribution in [0.3, 0.4) is 0 Å². The van der Waals surface area contributed by atoms with Gasteiger partial charge in [0.15, 0.2) is 0 Å². The number of carbonyl (C=O) groups excluding carboxylic acids is 1. The van der Waals surface area contributed by atoms with Gasteiger partial charge in [0.1, 0.15) is 5.78 Å². The Kier molecular flexibility index (Phi) is 2.65. The molecule has 2 rings (SSSR count). The highest BCUT2D eigenvalue weighted by atomic mass is 16.3. The van der Waals surface area contributed by atoms with Gasteiger partial charge in [-0.05, 0) is 30.6 Å². The summed E-state index contributed by atoms with van der Waals surface area (Å²) < 4.78 is 0. The number of hydrogen-bond donors (Lipinski definition) is 1. The van der Waals surface area contributed by atoms with Crippen LogP contribution >= 0.6 is 0 Å². The van der Waals surface area contributed by atoms with Crippen LogP contribution in [0.1, 0.15) is 51.9 Å². The fraction of sp³-hybridized carbons (Fsp3) is 0.917. The maximum atomic E-state index is 11.4. The highest BCUT2D eigenvalue weighted by molar-refractivity contribution is 5.79. The van der Waals surface area contributed by atoms with E-state index in [0.717, 1.165) is 25.7 Å². The molecule has 2 fully saturated rings. The van der Waals surface area contributed by atoms with Crippen LogP contribution in [0.4, 0.5) is 0 Å². The third-order valence-corrected chi connectivity index (χ3v) is 4.39. The van der Waals surface area contributed by atoms with Crippen molar-refractivity contribution >= 4 is 5.78 Å². The molecule has 2 aliphatic rings. The molecule has 3 atom stereocenters. The van der Waals surface area contributed by atoms with Crippen LogP contribution in [0.2, 0.25) is 0 Å². The van der Waals surface area contributed by atoms with Gasteiger partial charge in [0, 0.05) is 12.8 Å².